The number of benzene rings is 1. The van der Waals surface area contributed by atoms with Crippen LogP contribution in [0, 0.1) is 11.8 Å². The van der Waals surface area contributed by atoms with Crippen molar-refractivity contribution in [3.8, 4) is 0 Å². The van der Waals surface area contributed by atoms with Crippen LogP contribution in [-0.2, 0) is 17.1 Å². The number of primary amides is 1. The molecule has 0 saturated heterocycles. The van der Waals surface area contributed by atoms with Crippen LogP contribution in [0.4, 0.5) is 26.3 Å². The van der Waals surface area contributed by atoms with Crippen LogP contribution in [0.15, 0.2) is 81.9 Å². The van der Waals surface area contributed by atoms with E-state index in [1.165, 1.54) is 7.05 Å². The zero-order valence-electron chi connectivity index (χ0n) is 24.6. The molecule has 232 valence electrons. The molecule has 10 heteroatoms. The van der Waals surface area contributed by atoms with Crippen molar-refractivity contribution in [3.05, 3.63) is 93.6 Å². The number of rotatable bonds is 14. The summed E-state index contributed by atoms with van der Waals surface area (Å²) in [4.78, 5) is 16.1. The van der Waals surface area contributed by atoms with Gasteiger partial charge in [0, 0.05) is 35.7 Å². The number of carbonyl (C=O) groups is 1. The molecule has 2 N–H and O–H groups in total. The predicted molar refractivity (Wildman–Crippen MR) is 159 cm³/mol. The number of hydrogen-bond donors (Lipinski definition) is 1. The number of aliphatic imine (C=N–C) groups is 1. The van der Waals surface area contributed by atoms with Crippen molar-refractivity contribution < 1.29 is 31.1 Å². The highest BCUT2D eigenvalue weighted by molar-refractivity contribution is 6.29. The average molecular weight is 617 g/mol. The quantitative estimate of drug-likeness (QED) is 0.0730. The Morgan fingerprint density at radius 3 is 2.07 bits per heavy atom. The fraction of sp³-hybridized carbons (Fsp3) is 0.438. The highest BCUT2D eigenvalue weighted by Gasteiger charge is 2.37. The van der Waals surface area contributed by atoms with E-state index in [0.29, 0.717) is 47.6 Å². The number of hydrogen-bond acceptors (Lipinski definition) is 2. The molecule has 2 atom stereocenters. The summed E-state index contributed by atoms with van der Waals surface area (Å²) in [6.45, 7) is 11.3. The van der Waals surface area contributed by atoms with E-state index in [0.717, 1.165) is 18.4 Å². The maximum Gasteiger partial charge on any atom is 0.416 e. The Hall–Kier alpha value is -3.07. The highest BCUT2D eigenvalue weighted by Crippen LogP contribution is 2.37. The number of amides is 1. The fourth-order valence-corrected chi connectivity index (χ4v) is 4.41. The van der Waals surface area contributed by atoms with E-state index in [1.54, 1.807) is 32.1 Å². The van der Waals surface area contributed by atoms with Crippen molar-refractivity contribution in [3.63, 3.8) is 0 Å². The minimum atomic E-state index is -4.94. The first kappa shape index (κ1) is 37.0. The molecule has 0 aliphatic rings. The second kappa shape index (κ2) is 16.5. The summed E-state index contributed by atoms with van der Waals surface area (Å²) in [7, 11) is 1.34. The van der Waals surface area contributed by atoms with Gasteiger partial charge in [-0.2, -0.15) is 26.3 Å². The Morgan fingerprint density at radius 2 is 1.62 bits per heavy atom. The molecular formula is C32H39ClF6N2O. The molecule has 0 aromatic heterocycles. The SMILES string of the molecule is C=C(CC)CC(Cl)=CC=C(C)C(=CCC(C=CCC(C)C(=NC)c1cc(C(F)(F)F)cc(C(F)(F)F)c1)CC)C(N)=O. The normalized spacial score (nSPS) is 15.7. The first-order valence-corrected chi connectivity index (χ1v) is 13.9. The molecule has 0 radical (unpaired) electrons. The van der Waals surface area contributed by atoms with Crippen molar-refractivity contribution in [1.29, 1.82) is 0 Å². The molecule has 1 aromatic rings. The van der Waals surface area contributed by atoms with Crippen LogP contribution in [0.3, 0.4) is 0 Å². The van der Waals surface area contributed by atoms with Gasteiger partial charge >= 0.3 is 12.4 Å². The van der Waals surface area contributed by atoms with Crippen LogP contribution in [0.1, 0.15) is 76.5 Å². The van der Waals surface area contributed by atoms with Crippen molar-refractivity contribution >= 4 is 23.2 Å². The topological polar surface area (TPSA) is 55.4 Å². The third-order valence-electron chi connectivity index (χ3n) is 6.76. The molecule has 0 heterocycles. The summed E-state index contributed by atoms with van der Waals surface area (Å²) in [5, 5.41) is 0.586. The van der Waals surface area contributed by atoms with Gasteiger partial charge in [-0.1, -0.05) is 68.8 Å². The minimum Gasteiger partial charge on any atom is -0.366 e. The van der Waals surface area contributed by atoms with Gasteiger partial charge in [0.25, 0.3) is 0 Å². The second-order valence-corrected chi connectivity index (χ2v) is 10.6. The van der Waals surface area contributed by atoms with Gasteiger partial charge in [-0.15, -0.1) is 0 Å². The average Bonchev–Trinajstić information content (AvgIpc) is 2.89. The summed E-state index contributed by atoms with van der Waals surface area (Å²) in [5.74, 6) is -1.03. The number of nitrogens with zero attached hydrogens (tertiary/aromatic N) is 1. The van der Waals surface area contributed by atoms with Crippen molar-refractivity contribution in [1.82, 2.24) is 0 Å². The van der Waals surface area contributed by atoms with Crippen LogP contribution >= 0.6 is 11.6 Å². The van der Waals surface area contributed by atoms with Crippen LogP contribution in [0.2, 0.25) is 0 Å². The van der Waals surface area contributed by atoms with E-state index < -0.39 is 35.3 Å². The van der Waals surface area contributed by atoms with E-state index in [1.807, 2.05) is 26.0 Å². The van der Waals surface area contributed by atoms with E-state index >= 15 is 0 Å². The summed E-state index contributed by atoms with van der Waals surface area (Å²) in [6.07, 6.45) is 1.94. The van der Waals surface area contributed by atoms with Gasteiger partial charge < -0.3 is 5.73 Å². The summed E-state index contributed by atoms with van der Waals surface area (Å²) in [6, 6.07) is 1.49. The maximum atomic E-state index is 13.3. The van der Waals surface area contributed by atoms with Gasteiger partial charge in [-0.3, -0.25) is 9.79 Å². The third-order valence-corrected chi connectivity index (χ3v) is 7.02. The lowest BCUT2D eigenvalue weighted by Crippen LogP contribution is -2.17. The zero-order valence-corrected chi connectivity index (χ0v) is 25.4. The minimum absolute atomic E-state index is 0.0127. The first-order valence-electron chi connectivity index (χ1n) is 13.6. The Kier molecular flexibility index (Phi) is 14.6. The zero-order chi connectivity index (χ0) is 32.3. The number of halogens is 7. The van der Waals surface area contributed by atoms with Crippen LogP contribution < -0.4 is 5.73 Å². The Labute approximate surface area is 249 Å². The number of nitrogens with two attached hydrogens (primary N) is 1. The van der Waals surface area contributed by atoms with Crippen molar-refractivity contribution in [2.45, 2.75) is 72.2 Å². The number of allylic oxidation sites excluding steroid dienone is 7. The van der Waals surface area contributed by atoms with Gasteiger partial charge in [0.05, 0.1) is 11.1 Å². The van der Waals surface area contributed by atoms with Crippen LogP contribution in [0.25, 0.3) is 0 Å². The summed E-state index contributed by atoms with van der Waals surface area (Å²) < 4.78 is 80.0. The van der Waals surface area contributed by atoms with Gasteiger partial charge in [0.1, 0.15) is 0 Å². The lowest BCUT2D eigenvalue weighted by atomic mass is 9.91. The van der Waals surface area contributed by atoms with Crippen molar-refractivity contribution in [2.24, 2.45) is 22.6 Å². The smallest absolute Gasteiger partial charge is 0.366 e. The van der Waals surface area contributed by atoms with E-state index in [-0.39, 0.29) is 23.3 Å². The molecule has 2 unspecified atom stereocenters. The standard InChI is InChI=1S/C32H39ClF6N2O/c1-7-20(3)16-27(33)14-12-21(4)28(30(40)42)15-13-23(8-2)11-9-10-22(5)29(41-6)24-17-25(31(34,35)36)19-26(18-24)32(37,38)39/h9,11-12,14-15,17-19,22-23H,3,7-8,10,13,16H2,1-2,4-6H3,(H2,40,42). The molecule has 0 aliphatic heterocycles. The largest absolute Gasteiger partial charge is 0.416 e. The molecule has 0 aliphatic carbocycles. The molecule has 0 saturated carbocycles. The first-order chi connectivity index (χ1) is 19.4. The molecule has 0 spiro atoms. The van der Waals surface area contributed by atoms with Gasteiger partial charge in [0.2, 0.25) is 5.91 Å². The molecule has 1 rings (SSSR count). The lowest BCUT2D eigenvalue weighted by Gasteiger charge is -2.18. The maximum absolute atomic E-state index is 13.3. The molecule has 3 nitrogen and oxygen atoms in total. The molecule has 0 bridgehead atoms. The molecule has 1 amide bonds. The molecule has 0 fully saturated rings. The highest BCUT2D eigenvalue weighted by atomic mass is 35.5. The fourth-order valence-electron chi connectivity index (χ4n) is 4.16. The molecule has 1 aromatic carbocycles. The van der Waals surface area contributed by atoms with Gasteiger partial charge in [0.15, 0.2) is 0 Å². The predicted octanol–water partition coefficient (Wildman–Crippen LogP) is 9.98. The molecule has 42 heavy (non-hydrogen) atoms. The summed E-state index contributed by atoms with van der Waals surface area (Å²) >= 11 is 6.25. The van der Waals surface area contributed by atoms with E-state index in [2.05, 4.69) is 11.6 Å². The van der Waals surface area contributed by atoms with E-state index in [9.17, 15) is 31.1 Å². The summed E-state index contributed by atoms with van der Waals surface area (Å²) in [5.41, 5.74) is 4.74. The Morgan fingerprint density at radius 1 is 1.05 bits per heavy atom. The van der Waals surface area contributed by atoms with Crippen LogP contribution in [-0.4, -0.2) is 18.7 Å². The lowest BCUT2D eigenvalue weighted by molar-refractivity contribution is -0.143. The third kappa shape index (κ3) is 12.0. The Bertz CT molecular complexity index is 1220. The van der Waals surface area contributed by atoms with Crippen molar-refractivity contribution in [2.75, 3.05) is 7.05 Å². The number of alkyl halides is 6. The Balaban J connectivity index is 3.11. The monoisotopic (exact) mass is 616 g/mol. The second-order valence-electron chi connectivity index (χ2n) is 10.1. The van der Waals surface area contributed by atoms with Gasteiger partial charge in [-0.05, 0) is 73.9 Å². The van der Waals surface area contributed by atoms with E-state index in [4.69, 9.17) is 17.3 Å². The van der Waals surface area contributed by atoms with Crippen LogP contribution in [0.5, 0.6) is 0 Å². The van der Waals surface area contributed by atoms with Gasteiger partial charge in [-0.25, -0.2) is 0 Å². The number of carbonyl (C=O) groups excluding carboxylic acids is 1. The molecular weight excluding hydrogens is 578 g/mol.